The molecule has 0 spiro atoms. The van der Waals surface area contributed by atoms with Crippen LogP contribution in [0.5, 0.6) is 0 Å². The van der Waals surface area contributed by atoms with E-state index in [4.69, 9.17) is 19.0 Å². The van der Waals surface area contributed by atoms with Crippen molar-refractivity contribution in [3.63, 3.8) is 0 Å². The summed E-state index contributed by atoms with van der Waals surface area (Å²) in [4.78, 5) is 60.8. The van der Waals surface area contributed by atoms with Crippen molar-refractivity contribution in [1.82, 2.24) is 25.1 Å². The molecule has 0 atom stereocenters. The van der Waals surface area contributed by atoms with Crippen molar-refractivity contribution in [2.45, 2.75) is 78.6 Å². The number of nitrogens with zero attached hydrogens (tertiary/aromatic N) is 6. The predicted octanol–water partition coefficient (Wildman–Crippen LogP) is 6.12. The lowest BCUT2D eigenvalue weighted by Gasteiger charge is -2.28. The predicted molar refractivity (Wildman–Crippen MR) is 162 cm³/mol. The van der Waals surface area contributed by atoms with Gasteiger partial charge in [-0.15, -0.1) is 10.2 Å². The van der Waals surface area contributed by atoms with Gasteiger partial charge in [0.2, 0.25) is 5.89 Å². The molecule has 45 heavy (non-hydrogen) atoms. The van der Waals surface area contributed by atoms with Gasteiger partial charge < -0.3 is 23.9 Å². The lowest BCUT2D eigenvalue weighted by Crippen LogP contribution is -2.44. The summed E-state index contributed by atoms with van der Waals surface area (Å²) >= 11 is 0. The van der Waals surface area contributed by atoms with Crippen LogP contribution in [0.3, 0.4) is 0 Å². The summed E-state index contributed by atoms with van der Waals surface area (Å²) in [6.07, 6.45) is 1.03. The quantitative estimate of drug-likeness (QED) is 0.334. The highest BCUT2D eigenvalue weighted by atomic mass is 16.6. The van der Waals surface area contributed by atoms with Gasteiger partial charge in [0.15, 0.2) is 11.5 Å². The smallest absolute Gasteiger partial charge is 0.425 e. The average molecular weight is 621 g/mol. The van der Waals surface area contributed by atoms with Crippen LogP contribution < -0.4 is 4.90 Å². The molecule has 2 aromatic heterocycles. The zero-order chi connectivity index (χ0) is 33.1. The van der Waals surface area contributed by atoms with E-state index >= 15 is 0 Å². The largest absolute Gasteiger partial charge is 0.465 e. The summed E-state index contributed by atoms with van der Waals surface area (Å²) in [6, 6.07) is 6.86. The maximum Gasteiger partial charge on any atom is 0.425 e. The van der Waals surface area contributed by atoms with E-state index in [0.717, 1.165) is 16.0 Å². The van der Waals surface area contributed by atoms with Crippen LogP contribution in [0.25, 0.3) is 28.6 Å². The number of ether oxygens (including phenoxy) is 2. The van der Waals surface area contributed by atoms with Crippen molar-refractivity contribution in [1.29, 1.82) is 0 Å². The van der Waals surface area contributed by atoms with Crippen molar-refractivity contribution in [2.75, 3.05) is 11.9 Å². The van der Waals surface area contributed by atoms with E-state index in [-0.39, 0.29) is 42.0 Å². The van der Waals surface area contributed by atoms with Gasteiger partial charge in [-0.05, 0) is 71.2 Å². The third kappa shape index (κ3) is 8.49. The second kappa shape index (κ2) is 12.8. The Labute approximate surface area is 260 Å². The molecule has 0 saturated carbocycles. The molecule has 0 radical (unpaired) electrons. The first kappa shape index (κ1) is 32.8. The zero-order valence-corrected chi connectivity index (χ0v) is 26.3. The topological polar surface area (TPSA) is 178 Å². The van der Waals surface area contributed by atoms with Crippen LogP contribution in [0.15, 0.2) is 41.0 Å². The number of hydrogen-bond donors (Lipinski definition) is 1. The molecule has 238 valence electrons. The number of aromatic nitrogens is 4. The molecule has 14 nitrogen and oxygen atoms in total. The first-order chi connectivity index (χ1) is 21.0. The molecule has 0 bridgehead atoms. The molecule has 1 aliphatic rings. The number of rotatable bonds is 6. The molecule has 0 aliphatic heterocycles. The molecule has 1 N–H and O–H groups in total. The average Bonchev–Trinajstić information content (AvgIpc) is 3.42. The van der Waals surface area contributed by atoms with Crippen LogP contribution in [0.1, 0.15) is 72.1 Å². The Hall–Kier alpha value is -5.14. The molecule has 2 heterocycles. The fourth-order valence-corrected chi connectivity index (χ4v) is 4.18. The summed E-state index contributed by atoms with van der Waals surface area (Å²) in [7, 11) is 1.46. The lowest BCUT2D eigenvalue weighted by atomic mass is 9.96. The molecule has 14 heteroatoms. The maximum atomic E-state index is 13.4. The van der Waals surface area contributed by atoms with Crippen molar-refractivity contribution < 1.29 is 38.2 Å². The zero-order valence-electron chi connectivity index (χ0n) is 26.3. The Morgan fingerprint density at radius 3 is 2.07 bits per heavy atom. The monoisotopic (exact) mass is 620 g/mol. The van der Waals surface area contributed by atoms with Crippen LogP contribution in [-0.4, -0.2) is 72.5 Å². The third-order valence-electron chi connectivity index (χ3n) is 6.27. The van der Waals surface area contributed by atoms with E-state index in [1.165, 1.54) is 13.2 Å². The Morgan fingerprint density at radius 1 is 0.933 bits per heavy atom. The number of Topliss-reactive ketones (excluding diaryl/α,β-unsaturated/α-hetero) is 1. The van der Waals surface area contributed by atoms with E-state index in [9.17, 15) is 19.2 Å². The number of ketones is 1. The van der Waals surface area contributed by atoms with E-state index < -0.39 is 29.5 Å². The standard InChI is InChI=1S/C31H36N6O8/c1-30(2,3)44-28(41)37(29(42)45-31(4,5)6)24-23(33-22(16-32-24)19-12-14-21(38)15-13-19)26-35-34-25(43-26)20-10-8-18(9-11-20)17-36(7)27(39)40/h8-12,16H,13-15,17H2,1-7H3,(H,39,40). The van der Waals surface area contributed by atoms with Crippen LogP contribution in [0.2, 0.25) is 0 Å². The van der Waals surface area contributed by atoms with Gasteiger partial charge in [-0.25, -0.2) is 24.4 Å². The van der Waals surface area contributed by atoms with Gasteiger partial charge >= 0.3 is 18.3 Å². The Morgan fingerprint density at radius 2 is 1.53 bits per heavy atom. The highest BCUT2D eigenvalue weighted by Crippen LogP contribution is 2.34. The van der Waals surface area contributed by atoms with Gasteiger partial charge in [0.05, 0.1) is 11.9 Å². The van der Waals surface area contributed by atoms with E-state index in [2.05, 4.69) is 20.2 Å². The van der Waals surface area contributed by atoms with Crippen molar-refractivity contribution in [2.24, 2.45) is 0 Å². The number of benzene rings is 1. The SMILES string of the molecule is CN(Cc1ccc(-c2nnc(-c3nc(C4=CCC(=O)CC4)cnc3N(C(=O)OC(C)(C)C)C(=O)OC(C)(C)C)o2)cc1)C(=O)O. The summed E-state index contributed by atoms with van der Waals surface area (Å²) in [5, 5.41) is 17.4. The molecular weight excluding hydrogens is 584 g/mol. The van der Waals surface area contributed by atoms with E-state index in [1.807, 2.05) is 0 Å². The first-order valence-corrected chi connectivity index (χ1v) is 14.2. The van der Waals surface area contributed by atoms with Gasteiger partial charge in [-0.1, -0.05) is 18.2 Å². The van der Waals surface area contributed by atoms with Crippen molar-refractivity contribution >= 4 is 35.5 Å². The van der Waals surface area contributed by atoms with Crippen LogP contribution in [-0.2, 0) is 20.8 Å². The molecule has 1 aromatic carbocycles. The van der Waals surface area contributed by atoms with Gasteiger partial charge in [0.1, 0.15) is 17.0 Å². The molecule has 3 amide bonds. The number of amides is 3. The molecular formula is C31H36N6O8. The first-order valence-electron chi connectivity index (χ1n) is 14.2. The Bertz CT molecular complexity index is 1600. The number of imide groups is 1. The fourth-order valence-electron chi connectivity index (χ4n) is 4.18. The minimum absolute atomic E-state index is 0.0829. The van der Waals surface area contributed by atoms with E-state index in [1.54, 1.807) is 71.9 Å². The summed E-state index contributed by atoms with van der Waals surface area (Å²) in [5.74, 6) is -0.192. The van der Waals surface area contributed by atoms with Crippen LogP contribution >= 0.6 is 0 Å². The minimum Gasteiger partial charge on any atom is -0.465 e. The summed E-state index contributed by atoms with van der Waals surface area (Å²) in [5.41, 5.74) is 0.430. The minimum atomic E-state index is -1.05. The second-order valence-corrected chi connectivity index (χ2v) is 12.4. The molecule has 4 rings (SSSR count). The van der Waals surface area contributed by atoms with Crippen molar-refractivity contribution in [3.8, 4) is 23.0 Å². The maximum absolute atomic E-state index is 13.4. The van der Waals surface area contributed by atoms with Crippen molar-refractivity contribution in [3.05, 3.63) is 47.8 Å². The van der Waals surface area contributed by atoms with E-state index in [0.29, 0.717) is 29.0 Å². The molecule has 0 fully saturated rings. The Kier molecular flexibility index (Phi) is 9.35. The highest BCUT2D eigenvalue weighted by Gasteiger charge is 2.37. The third-order valence-corrected chi connectivity index (χ3v) is 6.27. The number of allylic oxidation sites excluding steroid dienone is 2. The molecule has 0 unspecified atom stereocenters. The second-order valence-electron chi connectivity index (χ2n) is 12.4. The number of anilines is 1. The van der Waals surface area contributed by atoms with Crippen LogP contribution in [0.4, 0.5) is 20.2 Å². The van der Waals surface area contributed by atoms with Crippen LogP contribution in [0, 0.1) is 0 Å². The number of hydrogen-bond acceptors (Lipinski definition) is 11. The van der Waals surface area contributed by atoms with Gasteiger partial charge in [0.25, 0.3) is 5.89 Å². The summed E-state index contributed by atoms with van der Waals surface area (Å²) < 4.78 is 17.1. The molecule has 0 saturated heterocycles. The highest BCUT2D eigenvalue weighted by molar-refractivity contribution is 6.10. The Balaban J connectivity index is 1.80. The summed E-state index contributed by atoms with van der Waals surface area (Å²) in [6.45, 7) is 10.1. The van der Waals surface area contributed by atoms with Gasteiger partial charge in [0, 0.05) is 32.0 Å². The lowest BCUT2D eigenvalue weighted by molar-refractivity contribution is -0.118. The number of carboxylic acid groups (broad SMARTS) is 1. The normalized spacial score (nSPS) is 13.6. The van der Waals surface area contributed by atoms with Gasteiger partial charge in [-0.3, -0.25) is 4.79 Å². The molecule has 3 aromatic rings. The number of carbonyl (C=O) groups excluding carboxylic acids is 3. The van der Waals surface area contributed by atoms with Gasteiger partial charge in [-0.2, -0.15) is 4.90 Å². The number of carbonyl (C=O) groups is 4. The fraction of sp³-hybridized carbons (Fsp3) is 0.419. The molecule has 1 aliphatic carbocycles.